The Bertz CT molecular complexity index is 850. The zero-order valence-electron chi connectivity index (χ0n) is 14.7. The van der Waals surface area contributed by atoms with Crippen LogP contribution in [0.15, 0.2) is 18.2 Å². The fourth-order valence-electron chi connectivity index (χ4n) is 4.22. The van der Waals surface area contributed by atoms with E-state index in [0.29, 0.717) is 24.1 Å². The minimum Gasteiger partial charge on any atom is -0.308 e. The molecular formula is C20H24N4O. The molecule has 1 amide bonds. The van der Waals surface area contributed by atoms with Gasteiger partial charge in [0, 0.05) is 12.5 Å². The van der Waals surface area contributed by atoms with Gasteiger partial charge in [-0.25, -0.2) is 9.83 Å². The summed E-state index contributed by atoms with van der Waals surface area (Å²) in [6.07, 6.45) is 8.70. The number of aromatic nitrogens is 2. The Balaban J connectivity index is 1.64. The second-order valence-electron chi connectivity index (χ2n) is 7.92. The van der Waals surface area contributed by atoms with Crippen LogP contribution in [0.2, 0.25) is 0 Å². The second kappa shape index (κ2) is 6.18. The van der Waals surface area contributed by atoms with Gasteiger partial charge < -0.3 is 4.57 Å². The van der Waals surface area contributed by atoms with Crippen LogP contribution in [0.25, 0.3) is 15.9 Å². The van der Waals surface area contributed by atoms with Crippen molar-refractivity contribution < 1.29 is 4.79 Å². The van der Waals surface area contributed by atoms with Gasteiger partial charge in [0.15, 0.2) is 5.69 Å². The first kappa shape index (κ1) is 16.1. The average Bonchev–Trinajstić information content (AvgIpc) is 3.10. The number of rotatable bonds is 4. The Morgan fingerprint density at radius 3 is 2.76 bits per heavy atom. The lowest BCUT2D eigenvalue weighted by Crippen LogP contribution is -2.25. The van der Waals surface area contributed by atoms with Gasteiger partial charge >= 0.3 is 0 Å². The molecule has 1 aromatic carbocycles. The normalized spacial score (nSPS) is 19.5. The summed E-state index contributed by atoms with van der Waals surface area (Å²) >= 11 is 0. The van der Waals surface area contributed by atoms with Crippen molar-refractivity contribution in [3.8, 4) is 0 Å². The number of fused-ring (bicyclic) bond motifs is 1. The number of benzene rings is 1. The van der Waals surface area contributed by atoms with Crippen LogP contribution in [0.4, 0.5) is 11.6 Å². The number of carbonyl (C=O) groups excluding carboxylic acids is 1. The molecule has 4 rings (SSSR count). The number of nitrogens with one attached hydrogen (secondary N) is 1. The molecule has 0 spiro atoms. The number of anilines is 1. The second-order valence-corrected chi connectivity index (χ2v) is 7.92. The molecule has 0 unspecified atom stereocenters. The van der Waals surface area contributed by atoms with Crippen LogP contribution in [-0.2, 0) is 4.79 Å². The van der Waals surface area contributed by atoms with Crippen LogP contribution in [0.3, 0.4) is 0 Å². The molecule has 2 saturated carbocycles. The molecule has 5 heteroatoms. The van der Waals surface area contributed by atoms with Crippen LogP contribution in [0.5, 0.6) is 0 Å². The highest BCUT2D eigenvalue weighted by Gasteiger charge is 2.32. The van der Waals surface area contributed by atoms with Crippen molar-refractivity contribution in [2.45, 2.75) is 64.3 Å². The van der Waals surface area contributed by atoms with Crippen molar-refractivity contribution in [1.82, 2.24) is 9.55 Å². The summed E-state index contributed by atoms with van der Waals surface area (Å²) in [6.45, 7) is 9.47. The van der Waals surface area contributed by atoms with E-state index < -0.39 is 0 Å². The number of hydrogen-bond donors (Lipinski definition) is 1. The smallest absolute Gasteiger partial charge is 0.227 e. The highest BCUT2D eigenvalue weighted by atomic mass is 16.1. The number of nitrogens with zero attached hydrogens (tertiary/aromatic N) is 3. The molecule has 2 fully saturated rings. The summed E-state index contributed by atoms with van der Waals surface area (Å²) < 4.78 is 2.14. The van der Waals surface area contributed by atoms with Crippen molar-refractivity contribution in [3.63, 3.8) is 0 Å². The Hall–Kier alpha value is -2.35. The van der Waals surface area contributed by atoms with E-state index in [9.17, 15) is 4.79 Å². The predicted octanol–water partition coefficient (Wildman–Crippen LogP) is 5.22. The van der Waals surface area contributed by atoms with E-state index in [1.54, 1.807) is 6.07 Å². The van der Waals surface area contributed by atoms with Crippen LogP contribution in [0, 0.1) is 12.0 Å². The third-order valence-corrected chi connectivity index (χ3v) is 5.89. The van der Waals surface area contributed by atoms with Crippen molar-refractivity contribution in [2.24, 2.45) is 5.41 Å². The highest BCUT2D eigenvalue weighted by Crippen LogP contribution is 2.41. The Labute approximate surface area is 148 Å². The molecule has 0 aliphatic heterocycles. The summed E-state index contributed by atoms with van der Waals surface area (Å²) in [6, 6.07) is 5.94. The van der Waals surface area contributed by atoms with Crippen molar-refractivity contribution in [2.75, 3.05) is 5.32 Å². The maximum Gasteiger partial charge on any atom is 0.227 e. The monoisotopic (exact) mass is 336 g/mol. The lowest BCUT2D eigenvalue weighted by molar-refractivity contribution is -0.118. The van der Waals surface area contributed by atoms with Crippen LogP contribution in [-0.4, -0.2) is 15.5 Å². The van der Waals surface area contributed by atoms with E-state index in [0.717, 1.165) is 36.7 Å². The van der Waals surface area contributed by atoms with Crippen LogP contribution < -0.4 is 5.32 Å². The molecular weight excluding hydrogens is 312 g/mol. The maximum atomic E-state index is 12.6. The van der Waals surface area contributed by atoms with Crippen molar-refractivity contribution in [1.29, 1.82) is 0 Å². The largest absolute Gasteiger partial charge is 0.308 e. The zero-order chi connectivity index (χ0) is 17.4. The van der Waals surface area contributed by atoms with E-state index in [4.69, 9.17) is 6.57 Å². The first-order chi connectivity index (χ1) is 12.1. The quantitative estimate of drug-likeness (QED) is 0.778. The van der Waals surface area contributed by atoms with E-state index in [2.05, 4.69) is 26.6 Å². The molecule has 25 heavy (non-hydrogen) atoms. The van der Waals surface area contributed by atoms with E-state index in [1.165, 1.54) is 19.3 Å². The average molecular weight is 336 g/mol. The van der Waals surface area contributed by atoms with Gasteiger partial charge in [-0.3, -0.25) is 10.1 Å². The maximum absolute atomic E-state index is 12.6. The molecule has 0 saturated heterocycles. The van der Waals surface area contributed by atoms with Gasteiger partial charge in [-0.2, -0.15) is 0 Å². The standard InChI is InChI=1S/C20H24N4O/c1-20(10-3-4-11-20)13-18(25)23-19-22-16-9-8-14(21-2)12-17(16)24(19)15-6-5-7-15/h8-9,12,15H,3-7,10-11,13H2,1H3,(H,22,23,25). The van der Waals surface area contributed by atoms with Gasteiger partial charge in [-0.1, -0.05) is 25.8 Å². The van der Waals surface area contributed by atoms with E-state index >= 15 is 0 Å². The third-order valence-electron chi connectivity index (χ3n) is 5.89. The topological polar surface area (TPSA) is 51.3 Å². The molecule has 2 aliphatic carbocycles. The lowest BCUT2D eigenvalue weighted by Gasteiger charge is -2.29. The summed E-state index contributed by atoms with van der Waals surface area (Å²) in [7, 11) is 0. The first-order valence-electron chi connectivity index (χ1n) is 9.27. The minimum absolute atomic E-state index is 0.0608. The molecule has 5 nitrogen and oxygen atoms in total. The molecule has 2 aliphatic rings. The molecule has 1 N–H and O–H groups in total. The lowest BCUT2D eigenvalue weighted by atomic mass is 9.85. The van der Waals surface area contributed by atoms with Gasteiger partial charge in [-0.05, 0) is 49.7 Å². The summed E-state index contributed by atoms with van der Waals surface area (Å²) in [5, 5.41) is 3.07. The van der Waals surface area contributed by atoms with Gasteiger partial charge in [0.2, 0.25) is 11.9 Å². The number of amides is 1. The molecule has 2 aromatic rings. The SMILES string of the molecule is [C-]#[N+]c1ccc2nc(NC(=O)CC3(C)CCCC3)n(C3CCC3)c2c1. The number of imidazole rings is 1. The van der Waals surface area contributed by atoms with Crippen molar-refractivity contribution >= 4 is 28.6 Å². The van der Waals surface area contributed by atoms with Gasteiger partial charge in [-0.15, -0.1) is 0 Å². The molecule has 0 atom stereocenters. The summed E-state index contributed by atoms with van der Waals surface area (Å²) in [5.74, 6) is 0.708. The minimum atomic E-state index is 0.0608. The number of hydrogen-bond acceptors (Lipinski definition) is 2. The Kier molecular flexibility index (Phi) is 3.99. The molecule has 130 valence electrons. The molecule has 1 heterocycles. The molecule has 0 radical (unpaired) electrons. The summed E-state index contributed by atoms with van der Waals surface area (Å²) in [4.78, 5) is 20.8. The van der Waals surface area contributed by atoms with E-state index in [1.807, 2.05) is 12.1 Å². The highest BCUT2D eigenvalue weighted by molar-refractivity contribution is 5.92. The van der Waals surface area contributed by atoms with Gasteiger partial charge in [0.05, 0.1) is 17.6 Å². The van der Waals surface area contributed by atoms with Crippen LogP contribution in [0.1, 0.15) is 64.3 Å². The fraction of sp³-hybridized carbons (Fsp3) is 0.550. The summed E-state index contributed by atoms with van der Waals surface area (Å²) in [5.41, 5.74) is 2.56. The Morgan fingerprint density at radius 2 is 2.12 bits per heavy atom. The van der Waals surface area contributed by atoms with Crippen molar-refractivity contribution in [3.05, 3.63) is 29.6 Å². The van der Waals surface area contributed by atoms with Crippen LogP contribution >= 0.6 is 0 Å². The predicted molar refractivity (Wildman–Crippen MR) is 98.7 cm³/mol. The first-order valence-corrected chi connectivity index (χ1v) is 9.27. The van der Waals surface area contributed by atoms with Gasteiger partial charge in [0.25, 0.3) is 0 Å². The Morgan fingerprint density at radius 1 is 1.36 bits per heavy atom. The zero-order valence-corrected chi connectivity index (χ0v) is 14.7. The van der Waals surface area contributed by atoms with Gasteiger partial charge in [0.1, 0.15) is 0 Å². The number of carbonyl (C=O) groups is 1. The molecule has 1 aromatic heterocycles. The van der Waals surface area contributed by atoms with E-state index in [-0.39, 0.29) is 11.3 Å². The third kappa shape index (κ3) is 3.02. The fourth-order valence-corrected chi connectivity index (χ4v) is 4.22. The molecule has 0 bridgehead atoms.